The van der Waals surface area contributed by atoms with Crippen LogP contribution in [0.15, 0.2) is 0 Å². The van der Waals surface area contributed by atoms with Crippen LogP contribution >= 0.6 is 0 Å². The van der Waals surface area contributed by atoms with Crippen LogP contribution in [0.4, 0.5) is 13.2 Å². The van der Waals surface area contributed by atoms with Crippen molar-refractivity contribution in [2.75, 3.05) is 19.8 Å². The third kappa shape index (κ3) is 5.68. The molecule has 1 N–H and O–H groups in total. The fourth-order valence-electron chi connectivity index (χ4n) is 1.78. The summed E-state index contributed by atoms with van der Waals surface area (Å²) in [5.74, 6) is -0.905. The smallest absolute Gasteiger partial charge is 0.411 e. The fourth-order valence-corrected chi connectivity index (χ4v) is 1.78. The van der Waals surface area contributed by atoms with Crippen molar-refractivity contribution in [3.63, 3.8) is 0 Å². The topological polar surface area (TPSA) is 49.8 Å². The molecule has 1 fully saturated rings. The maximum Gasteiger partial charge on any atom is 0.411 e. The molecule has 0 radical (unpaired) electrons. The number of carboxylic acids is 1. The third-order valence-electron chi connectivity index (χ3n) is 2.84. The summed E-state index contributed by atoms with van der Waals surface area (Å²) in [6, 6.07) is -0.334. The van der Waals surface area contributed by atoms with Crippen LogP contribution in [0.1, 0.15) is 26.2 Å². The zero-order chi connectivity index (χ0) is 13.8. The predicted octanol–water partition coefficient (Wildman–Crippen LogP) is 1.89. The fraction of sp³-hybridized carbons (Fsp3) is 0.909. The number of aliphatic carboxylic acids is 1. The molecular formula is C11H18F3NO3. The number of hydrogen-bond acceptors (Lipinski definition) is 3. The molecule has 18 heavy (non-hydrogen) atoms. The Balaban J connectivity index is 2.20. The number of hydrogen-bond donors (Lipinski definition) is 1. The molecular weight excluding hydrogens is 251 g/mol. The highest BCUT2D eigenvalue weighted by atomic mass is 19.4. The van der Waals surface area contributed by atoms with Crippen LogP contribution in [0.2, 0.25) is 0 Å². The molecule has 0 aromatic carbocycles. The summed E-state index contributed by atoms with van der Waals surface area (Å²) in [5, 5.41) is 8.92. The largest absolute Gasteiger partial charge is 0.480 e. The van der Waals surface area contributed by atoms with E-state index in [9.17, 15) is 18.0 Å². The van der Waals surface area contributed by atoms with Crippen molar-refractivity contribution in [2.24, 2.45) is 0 Å². The molecule has 106 valence electrons. The molecule has 0 bridgehead atoms. The number of halogens is 3. The second kappa shape index (κ2) is 6.38. The zero-order valence-electron chi connectivity index (χ0n) is 10.2. The minimum atomic E-state index is -4.30. The number of carbonyl (C=O) groups is 1. The van der Waals surface area contributed by atoms with E-state index in [1.165, 1.54) is 0 Å². The van der Waals surface area contributed by atoms with Crippen molar-refractivity contribution < 1.29 is 27.8 Å². The standard InChI is InChI=1S/C11H18F3NO3/c1-8(10(16)17)15(9-3-4-9)5-2-6-18-7-11(12,13)14/h8-9H,2-7H2,1H3,(H,16,17). The van der Waals surface area contributed by atoms with Crippen LogP contribution in [0.3, 0.4) is 0 Å². The summed E-state index contributed by atoms with van der Waals surface area (Å²) in [7, 11) is 0. The van der Waals surface area contributed by atoms with Crippen LogP contribution in [0.25, 0.3) is 0 Å². The van der Waals surface area contributed by atoms with Crippen molar-refractivity contribution in [1.29, 1.82) is 0 Å². The Bertz CT molecular complexity index is 279. The molecule has 0 spiro atoms. The lowest BCUT2D eigenvalue weighted by Gasteiger charge is -2.25. The lowest BCUT2D eigenvalue weighted by Crippen LogP contribution is -2.41. The summed E-state index contributed by atoms with van der Waals surface area (Å²) in [5.41, 5.74) is 0. The van der Waals surface area contributed by atoms with E-state index in [1.54, 1.807) is 6.92 Å². The van der Waals surface area contributed by atoms with Crippen LogP contribution < -0.4 is 0 Å². The highest BCUT2D eigenvalue weighted by Crippen LogP contribution is 2.28. The van der Waals surface area contributed by atoms with Gasteiger partial charge in [-0.15, -0.1) is 0 Å². The van der Waals surface area contributed by atoms with Gasteiger partial charge in [-0.05, 0) is 26.2 Å². The number of ether oxygens (including phenoxy) is 1. The lowest BCUT2D eigenvalue weighted by molar-refractivity contribution is -0.174. The number of rotatable bonds is 8. The van der Waals surface area contributed by atoms with Crippen molar-refractivity contribution in [3.8, 4) is 0 Å². The van der Waals surface area contributed by atoms with Gasteiger partial charge < -0.3 is 9.84 Å². The summed E-state index contributed by atoms with van der Waals surface area (Å²) in [6.07, 6.45) is -1.98. The van der Waals surface area contributed by atoms with Gasteiger partial charge in [0.25, 0.3) is 0 Å². The molecule has 0 aliphatic heterocycles. The van der Waals surface area contributed by atoms with E-state index in [4.69, 9.17) is 5.11 Å². The Labute approximate surface area is 104 Å². The van der Waals surface area contributed by atoms with Gasteiger partial charge in [-0.1, -0.05) is 0 Å². The van der Waals surface area contributed by atoms with E-state index < -0.39 is 24.8 Å². The molecule has 1 atom stereocenters. The molecule has 0 heterocycles. The molecule has 4 nitrogen and oxygen atoms in total. The van der Waals surface area contributed by atoms with Gasteiger partial charge in [0.1, 0.15) is 12.6 Å². The first kappa shape index (κ1) is 15.2. The molecule has 0 amide bonds. The summed E-state index contributed by atoms with van der Waals surface area (Å²) < 4.78 is 39.9. The summed E-state index contributed by atoms with van der Waals surface area (Å²) >= 11 is 0. The molecule has 0 aromatic rings. The molecule has 1 unspecified atom stereocenters. The van der Waals surface area contributed by atoms with Crippen LogP contribution in [-0.4, -0.2) is 54.0 Å². The van der Waals surface area contributed by atoms with Crippen molar-refractivity contribution in [2.45, 2.75) is 44.4 Å². The SMILES string of the molecule is CC(C(=O)O)N(CCCOCC(F)(F)F)C1CC1. The van der Waals surface area contributed by atoms with Gasteiger partial charge >= 0.3 is 12.1 Å². The Hall–Kier alpha value is -0.820. The van der Waals surface area contributed by atoms with E-state index in [-0.39, 0.29) is 12.6 Å². The van der Waals surface area contributed by atoms with Crippen LogP contribution in [-0.2, 0) is 9.53 Å². The minimum Gasteiger partial charge on any atom is -0.480 e. The Morgan fingerprint density at radius 3 is 2.56 bits per heavy atom. The predicted molar refractivity (Wildman–Crippen MR) is 58.3 cm³/mol. The first-order chi connectivity index (χ1) is 8.31. The first-order valence-corrected chi connectivity index (χ1v) is 5.94. The number of carboxylic acid groups (broad SMARTS) is 1. The molecule has 1 saturated carbocycles. The minimum absolute atomic E-state index is 0.00489. The second-order valence-corrected chi connectivity index (χ2v) is 4.50. The maximum absolute atomic E-state index is 11.8. The van der Waals surface area contributed by atoms with Crippen LogP contribution in [0, 0.1) is 0 Å². The maximum atomic E-state index is 11.8. The molecule has 0 aromatic heterocycles. The number of nitrogens with zero attached hydrogens (tertiary/aromatic N) is 1. The van der Waals surface area contributed by atoms with Gasteiger partial charge in [0.15, 0.2) is 0 Å². The van der Waals surface area contributed by atoms with Gasteiger partial charge in [0.2, 0.25) is 0 Å². The van der Waals surface area contributed by atoms with Gasteiger partial charge in [0.05, 0.1) is 0 Å². The van der Waals surface area contributed by atoms with E-state index in [0.717, 1.165) is 12.8 Å². The Morgan fingerprint density at radius 2 is 2.11 bits per heavy atom. The van der Waals surface area contributed by atoms with E-state index in [1.807, 2.05) is 4.90 Å². The van der Waals surface area contributed by atoms with E-state index >= 15 is 0 Å². The first-order valence-electron chi connectivity index (χ1n) is 5.94. The van der Waals surface area contributed by atoms with Crippen molar-refractivity contribution in [3.05, 3.63) is 0 Å². The van der Waals surface area contributed by atoms with Gasteiger partial charge in [-0.3, -0.25) is 9.69 Å². The summed E-state index contributed by atoms with van der Waals surface area (Å²) in [4.78, 5) is 12.7. The van der Waals surface area contributed by atoms with Gasteiger partial charge in [-0.25, -0.2) is 0 Å². The summed E-state index contributed by atoms with van der Waals surface area (Å²) in [6.45, 7) is 0.799. The zero-order valence-corrected chi connectivity index (χ0v) is 10.2. The lowest BCUT2D eigenvalue weighted by atomic mass is 10.2. The van der Waals surface area contributed by atoms with Crippen molar-refractivity contribution >= 4 is 5.97 Å². The molecule has 1 aliphatic rings. The molecule has 0 saturated heterocycles. The Kier molecular flexibility index (Phi) is 5.40. The van der Waals surface area contributed by atoms with Crippen molar-refractivity contribution in [1.82, 2.24) is 4.90 Å². The highest BCUT2D eigenvalue weighted by Gasteiger charge is 2.34. The average molecular weight is 269 g/mol. The quantitative estimate of drug-likeness (QED) is 0.684. The average Bonchev–Trinajstić information content (AvgIpc) is 3.04. The highest BCUT2D eigenvalue weighted by molar-refractivity contribution is 5.73. The second-order valence-electron chi connectivity index (χ2n) is 4.50. The third-order valence-corrected chi connectivity index (χ3v) is 2.84. The van der Waals surface area contributed by atoms with Gasteiger partial charge in [-0.2, -0.15) is 13.2 Å². The normalized spacial score (nSPS) is 18.1. The number of alkyl halides is 3. The molecule has 1 rings (SSSR count). The molecule has 7 heteroatoms. The Morgan fingerprint density at radius 1 is 1.50 bits per heavy atom. The molecule has 1 aliphatic carbocycles. The van der Waals surface area contributed by atoms with E-state index in [2.05, 4.69) is 4.74 Å². The van der Waals surface area contributed by atoms with E-state index in [0.29, 0.717) is 13.0 Å². The monoisotopic (exact) mass is 269 g/mol. The van der Waals surface area contributed by atoms with Crippen LogP contribution in [0.5, 0.6) is 0 Å². The van der Waals surface area contributed by atoms with Gasteiger partial charge in [0, 0.05) is 19.2 Å².